The van der Waals surface area contributed by atoms with Crippen LogP contribution in [0, 0.1) is 0 Å². The Kier molecular flexibility index (Phi) is 5.50. The lowest BCUT2D eigenvalue weighted by Crippen LogP contribution is -2.15. The van der Waals surface area contributed by atoms with E-state index >= 15 is 0 Å². The van der Waals surface area contributed by atoms with Gasteiger partial charge < -0.3 is 4.57 Å². The van der Waals surface area contributed by atoms with E-state index in [1.807, 2.05) is 0 Å². The van der Waals surface area contributed by atoms with Gasteiger partial charge in [0.15, 0.2) is 5.82 Å². The third-order valence-corrected chi connectivity index (χ3v) is 11.2. The molecule has 0 saturated heterocycles. The van der Waals surface area contributed by atoms with E-state index in [4.69, 9.17) is 9.97 Å². The third kappa shape index (κ3) is 3.67. The Labute approximate surface area is 276 Å². The molecule has 3 aromatic heterocycles. The number of aromatic nitrogens is 3. The zero-order valence-corrected chi connectivity index (χ0v) is 26.8. The molecule has 222 valence electrons. The van der Waals surface area contributed by atoms with Gasteiger partial charge in [-0.1, -0.05) is 123 Å². The maximum absolute atomic E-state index is 5.36. The topological polar surface area (TPSA) is 30.7 Å². The molecule has 0 N–H and O–H groups in total. The van der Waals surface area contributed by atoms with E-state index in [0.717, 1.165) is 38.5 Å². The van der Waals surface area contributed by atoms with E-state index in [1.54, 1.807) is 11.3 Å². The fourth-order valence-electron chi connectivity index (χ4n) is 7.95. The highest BCUT2D eigenvalue weighted by molar-refractivity contribution is 7.26. The molecule has 0 unspecified atom stereocenters. The summed E-state index contributed by atoms with van der Waals surface area (Å²) in [7, 11) is 0. The second kappa shape index (κ2) is 9.71. The molecule has 0 fully saturated rings. The van der Waals surface area contributed by atoms with Gasteiger partial charge >= 0.3 is 0 Å². The Morgan fingerprint density at radius 2 is 1.28 bits per heavy atom. The summed E-state index contributed by atoms with van der Waals surface area (Å²) >= 11 is 1.77. The number of fused-ring (bicyclic) bond motifs is 10. The number of hydrogen-bond acceptors (Lipinski definition) is 3. The summed E-state index contributed by atoms with van der Waals surface area (Å²) in [5.41, 5.74) is 12.9. The van der Waals surface area contributed by atoms with Crippen LogP contribution >= 0.6 is 11.3 Å². The molecule has 0 aliphatic heterocycles. The number of nitrogens with zero attached hydrogens (tertiary/aromatic N) is 3. The van der Waals surface area contributed by atoms with E-state index in [1.165, 1.54) is 54.1 Å². The summed E-state index contributed by atoms with van der Waals surface area (Å²) in [6.07, 6.45) is 0. The normalized spacial score (nSPS) is 13.5. The van der Waals surface area contributed by atoms with Crippen LogP contribution in [-0.4, -0.2) is 14.5 Å². The fraction of sp³-hybridized carbons (Fsp3) is 0.0698. The van der Waals surface area contributed by atoms with Crippen molar-refractivity contribution >= 4 is 53.4 Å². The molecule has 6 aromatic carbocycles. The lowest BCUT2D eigenvalue weighted by Gasteiger charge is -2.22. The van der Waals surface area contributed by atoms with Crippen LogP contribution in [0.5, 0.6) is 0 Å². The predicted molar refractivity (Wildman–Crippen MR) is 198 cm³/mol. The number of hydrogen-bond donors (Lipinski definition) is 0. The van der Waals surface area contributed by atoms with Crippen molar-refractivity contribution in [3.05, 3.63) is 151 Å². The predicted octanol–water partition coefficient (Wildman–Crippen LogP) is 11.6. The zero-order chi connectivity index (χ0) is 31.3. The van der Waals surface area contributed by atoms with Crippen LogP contribution in [0.4, 0.5) is 0 Å². The summed E-state index contributed by atoms with van der Waals surface area (Å²) in [4.78, 5) is 10.7. The van der Waals surface area contributed by atoms with Crippen LogP contribution in [0.15, 0.2) is 140 Å². The van der Waals surface area contributed by atoms with Crippen LogP contribution in [0.1, 0.15) is 25.0 Å². The van der Waals surface area contributed by atoms with Crippen LogP contribution in [0.2, 0.25) is 0 Å². The average molecular weight is 620 g/mol. The molecule has 10 rings (SSSR count). The van der Waals surface area contributed by atoms with Crippen molar-refractivity contribution in [2.75, 3.05) is 0 Å². The number of rotatable bonds is 3. The molecule has 3 nitrogen and oxygen atoms in total. The molecule has 0 spiro atoms. The van der Waals surface area contributed by atoms with E-state index < -0.39 is 0 Å². The molecule has 4 heteroatoms. The molecule has 3 heterocycles. The molecule has 0 amide bonds. The lowest BCUT2D eigenvalue weighted by atomic mass is 9.80. The van der Waals surface area contributed by atoms with Crippen molar-refractivity contribution in [1.82, 2.24) is 14.5 Å². The largest absolute Gasteiger partial charge is 0.308 e. The molecule has 1 aliphatic rings. The molecular weight excluding hydrogens is 591 g/mol. The summed E-state index contributed by atoms with van der Waals surface area (Å²) < 4.78 is 4.77. The minimum absolute atomic E-state index is 0.126. The van der Waals surface area contributed by atoms with Gasteiger partial charge in [-0.2, -0.15) is 0 Å². The van der Waals surface area contributed by atoms with Crippen molar-refractivity contribution < 1.29 is 0 Å². The Bertz CT molecular complexity index is 2710. The highest BCUT2D eigenvalue weighted by Crippen LogP contribution is 2.53. The van der Waals surface area contributed by atoms with E-state index in [-0.39, 0.29) is 5.41 Å². The highest BCUT2D eigenvalue weighted by Gasteiger charge is 2.38. The maximum atomic E-state index is 5.36. The van der Waals surface area contributed by atoms with Crippen LogP contribution in [0.3, 0.4) is 0 Å². The van der Waals surface area contributed by atoms with Gasteiger partial charge in [-0.3, -0.25) is 0 Å². The third-order valence-electron chi connectivity index (χ3n) is 10.0. The number of para-hydroxylation sites is 2. The van der Waals surface area contributed by atoms with Gasteiger partial charge in [0, 0.05) is 37.4 Å². The Morgan fingerprint density at radius 3 is 2.15 bits per heavy atom. The lowest BCUT2D eigenvalue weighted by molar-refractivity contribution is 0.666. The van der Waals surface area contributed by atoms with Crippen LogP contribution < -0.4 is 0 Å². The summed E-state index contributed by atoms with van der Waals surface area (Å²) in [6.45, 7) is 4.74. The summed E-state index contributed by atoms with van der Waals surface area (Å²) in [5.74, 6) is 0.732. The molecule has 0 radical (unpaired) electrons. The minimum Gasteiger partial charge on any atom is -0.308 e. The van der Waals surface area contributed by atoms with Gasteiger partial charge in [0.2, 0.25) is 0 Å². The Morgan fingerprint density at radius 1 is 0.574 bits per heavy atom. The van der Waals surface area contributed by atoms with Gasteiger partial charge in [-0.15, -0.1) is 11.3 Å². The zero-order valence-electron chi connectivity index (χ0n) is 26.0. The Hall–Kier alpha value is -5.58. The van der Waals surface area contributed by atoms with E-state index in [9.17, 15) is 0 Å². The van der Waals surface area contributed by atoms with Gasteiger partial charge in [-0.05, 0) is 52.6 Å². The average Bonchev–Trinajstić information content (AvgIpc) is 3.74. The van der Waals surface area contributed by atoms with Crippen molar-refractivity contribution in [3.63, 3.8) is 0 Å². The van der Waals surface area contributed by atoms with Crippen molar-refractivity contribution in [2.24, 2.45) is 0 Å². The smallest absolute Gasteiger partial charge is 0.162 e. The number of benzene rings is 6. The molecule has 0 bridgehead atoms. The molecular formula is C43H29N3S. The first-order valence-electron chi connectivity index (χ1n) is 16.1. The molecule has 47 heavy (non-hydrogen) atoms. The van der Waals surface area contributed by atoms with E-state index in [0.29, 0.717) is 0 Å². The van der Waals surface area contributed by atoms with Crippen LogP contribution in [0.25, 0.3) is 81.6 Å². The maximum Gasteiger partial charge on any atom is 0.162 e. The Balaban J connectivity index is 1.29. The van der Waals surface area contributed by atoms with Crippen molar-refractivity contribution in [2.45, 2.75) is 19.3 Å². The second-order valence-electron chi connectivity index (χ2n) is 13.0. The highest BCUT2D eigenvalue weighted by atomic mass is 32.1. The first kappa shape index (κ1) is 26.6. The molecule has 0 saturated carbocycles. The molecule has 1 aliphatic carbocycles. The van der Waals surface area contributed by atoms with Gasteiger partial charge in [0.25, 0.3) is 0 Å². The fourth-order valence-corrected chi connectivity index (χ4v) is 9.11. The van der Waals surface area contributed by atoms with Crippen molar-refractivity contribution in [3.8, 4) is 39.5 Å². The summed E-state index contributed by atoms with van der Waals surface area (Å²) in [5, 5.41) is 3.75. The molecule has 9 aromatic rings. The quantitative estimate of drug-likeness (QED) is 0.197. The summed E-state index contributed by atoms with van der Waals surface area (Å²) in [6, 6.07) is 50.1. The van der Waals surface area contributed by atoms with Gasteiger partial charge in [-0.25, -0.2) is 9.97 Å². The minimum atomic E-state index is -0.126. The second-order valence-corrected chi connectivity index (χ2v) is 14.0. The SMILES string of the molecule is CC1(C)c2ccccc2-c2ccc3c(c21)c1ccccc1n3-c1ccccc1-c1nc(-c2ccccc2)c2sc3ccccc3c2n1. The standard InChI is InChI=1S/C43H29N3S/c1-43(2)32-20-10-6-16-27(32)28-24-25-35-37(38(28)43)29-17-7-11-21-33(29)46(35)34-22-12-8-18-30(34)42-44-39(26-14-4-3-5-15-26)41-40(45-42)31-19-9-13-23-36(31)47-41/h3-25H,1-2H3. The number of thiophene rings is 1. The monoisotopic (exact) mass is 619 g/mol. The van der Waals surface area contributed by atoms with Crippen LogP contribution in [-0.2, 0) is 5.41 Å². The van der Waals surface area contributed by atoms with Crippen molar-refractivity contribution in [1.29, 1.82) is 0 Å². The first-order valence-corrected chi connectivity index (χ1v) is 16.9. The van der Waals surface area contributed by atoms with Gasteiger partial charge in [0.1, 0.15) is 0 Å². The first-order chi connectivity index (χ1) is 23.1. The van der Waals surface area contributed by atoms with Gasteiger partial charge in [0.05, 0.1) is 32.6 Å². The molecule has 0 atom stereocenters. The van der Waals surface area contributed by atoms with E-state index in [2.05, 4.69) is 158 Å².